The zero-order valence-electron chi connectivity index (χ0n) is 34.1. The Kier molecular flexibility index (Phi) is 20.2. The molecule has 0 aliphatic rings. The molecule has 1 atom stereocenters. The van der Waals surface area contributed by atoms with Crippen molar-refractivity contribution in [3.05, 3.63) is 124 Å². The van der Waals surface area contributed by atoms with Crippen molar-refractivity contribution in [2.45, 2.75) is 136 Å². The van der Waals surface area contributed by atoms with Gasteiger partial charge in [0.2, 0.25) is 5.82 Å². The van der Waals surface area contributed by atoms with E-state index in [0.29, 0.717) is 55.6 Å². The van der Waals surface area contributed by atoms with Crippen molar-refractivity contribution in [2.75, 3.05) is 19.8 Å². The van der Waals surface area contributed by atoms with Crippen molar-refractivity contribution in [3.8, 4) is 17.2 Å². The number of benzene rings is 4. The molecule has 0 N–H and O–H groups in total. The summed E-state index contributed by atoms with van der Waals surface area (Å²) in [6, 6.07) is 22.3. The van der Waals surface area contributed by atoms with E-state index in [1.165, 1.54) is 83.1 Å². The van der Waals surface area contributed by atoms with E-state index in [0.717, 1.165) is 48.0 Å². The summed E-state index contributed by atoms with van der Waals surface area (Å²) >= 11 is 0. The zero-order valence-corrected chi connectivity index (χ0v) is 34.1. The van der Waals surface area contributed by atoms with Gasteiger partial charge in [0.25, 0.3) is 0 Å². The first-order valence-electron chi connectivity index (χ1n) is 21.2. The van der Waals surface area contributed by atoms with Crippen LogP contribution < -0.4 is 14.2 Å². The van der Waals surface area contributed by atoms with E-state index in [4.69, 9.17) is 14.2 Å². The molecule has 0 bridgehead atoms. The van der Waals surface area contributed by atoms with Gasteiger partial charge in [-0.15, -0.1) is 0 Å². The lowest BCUT2D eigenvalue weighted by Crippen LogP contribution is -2.02. The van der Waals surface area contributed by atoms with E-state index < -0.39 is 23.3 Å². The smallest absolute Gasteiger partial charge is 0.200 e. The molecule has 56 heavy (non-hydrogen) atoms. The Bertz CT molecular complexity index is 1690. The number of aryl methyl sites for hydroxylation is 5. The molecule has 0 aliphatic heterocycles. The highest BCUT2D eigenvalue weighted by Gasteiger charge is 2.15. The van der Waals surface area contributed by atoms with Crippen LogP contribution in [0.4, 0.5) is 17.6 Å². The third-order valence-corrected chi connectivity index (χ3v) is 10.7. The van der Waals surface area contributed by atoms with Crippen LogP contribution in [0.1, 0.15) is 132 Å². The topological polar surface area (TPSA) is 27.7 Å². The Morgan fingerprint density at radius 1 is 0.446 bits per heavy atom. The standard InChI is InChI=1S/C49H64F4O3/c1-4-54-45-34-29-42(48(52)49(45)53)28-21-40-24-32-44(33-25-40)56-36-16-12-8-6-10-14-18-37(2)17-13-9-5-7-11-15-35-55-43-30-22-39(23-31-43)20-27-41-26-19-38(3)46(50)47(41)51/h19,22-26,29-34,37H,4-18,20-21,27-28,35-36H2,1-3H3. The molecule has 0 heterocycles. The van der Waals surface area contributed by atoms with Gasteiger partial charge in [-0.25, -0.2) is 13.2 Å². The number of rotatable bonds is 28. The Labute approximate surface area is 334 Å². The molecule has 3 nitrogen and oxygen atoms in total. The average molecular weight is 777 g/mol. The van der Waals surface area contributed by atoms with Crippen LogP contribution in [0.15, 0.2) is 72.8 Å². The lowest BCUT2D eigenvalue weighted by Gasteiger charge is -2.11. The fourth-order valence-electron chi connectivity index (χ4n) is 7.10. The molecular weight excluding hydrogens is 713 g/mol. The van der Waals surface area contributed by atoms with Crippen LogP contribution in [0.25, 0.3) is 0 Å². The van der Waals surface area contributed by atoms with Gasteiger partial charge in [0, 0.05) is 0 Å². The van der Waals surface area contributed by atoms with Gasteiger partial charge in [-0.3, -0.25) is 0 Å². The maximum Gasteiger partial charge on any atom is 0.200 e. The van der Waals surface area contributed by atoms with Crippen molar-refractivity contribution in [1.82, 2.24) is 0 Å². The molecule has 1 unspecified atom stereocenters. The molecule has 0 aromatic heterocycles. The monoisotopic (exact) mass is 776 g/mol. The Balaban J connectivity index is 0.909. The Hall–Kier alpha value is -4.00. The predicted octanol–water partition coefficient (Wildman–Crippen LogP) is 14.1. The lowest BCUT2D eigenvalue weighted by atomic mass is 9.96. The van der Waals surface area contributed by atoms with E-state index >= 15 is 0 Å². The third kappa shape index (κ3) is 15.9. The van der Waals surface area contributed by atoms with E-state index in [1.54, 1.807) is 32.0 Å². The Morgan fingerprint density at radius 3 is 1.36 bits per heavy atom. The molecular formula is C49H64F4O3. The van der Waals surface area contributed by atoms with Gasteiger partial charge in [0.05, 0.1) is 19.8 Å². The van der Waals surface area contributed by atoms with Crippen molar-refractivity contribution in [3.63, 3.8) is 0 Å². The number of halogens is 4. The fourth-order valence-corrected chi connectivity index (χ4v) is 7.10. The summed E-state index contributed by atoms with van der Waals surface area (Å²) in [6.45, 7) is 7.45. The summed E-state index contributed by atoms with van der Waals surface area (Å²) < 4.78 is 73.5. The average Bonchev–Trinajstić information content (AvgIpc) is 3.21. The zero-order chi connectivity index (χ0) is 40.0. The number of hydrogen-bond donors (Lipinski definition) is 0. The normalized spacial score (nSPS) is 11.8. The van der Waals surface area contributed by atoms with Crippen LogP contribution in [-0.4, -0.2) is 19.8 Å². The molecule has 7 heteroatoms. The minimum Gasteiger partial charge on any atom is -0.494 e. The Morgan fingerprint density at radius 2 is 0.875 bits per heavy atom. The van der Waals surface area contributed by atoms with Crippen molar-refractivity contribution >= 4 is 0 Å². The van der Waals surface area contributed by atoms with Crippen LogP contribution in [0.2, 0.25) is 0 Å². The number of hydrogen-bond acceptors (Lipinski definition) is 3. The van der Waals surface area contributed by atoms with Crippen molar-refractivity contribution in [1.29, 1.82) is 0 Å². The SMILES string of the molecule is CCOc1ccc(CCc2ccc(OCCCCCCCCC(C)CCCCCCCCOc3ccc(CCc4ccc(C)c(F)c4F)cc3)cc2)c(F)c1F. The summed E-state index contributed by atoms with van der Waals surface area (Å²) in [6.07, 6.45) is 19.6. The minimum atomic E-state index is -0.914. The summed E-state index contributed by atoms with van der Waals surface area (Å²) in [5.41, 5.74) is 3.25. The first-order chi connectivity index (χ1) is 27.2. The first kappa shape index (κ1) is 44.7. The van der Waals surface area contributed by atoms with Crippen molar-refractivity contribution in [2.24, 2.45) is 5.92 Å². The van der Waals surface area contributed by atoms with Gasteiger partial charge in [-0.05, 0) is 116 Å². The lowest BCUT2D eigenvalue weighted by molar-refractivity contribution is 0.304. The van der Waals surface area contributed by atoms with Crippen molar-refractivity contribution < 1.29 is 31.8 Å². The van der Waals surface area contributed by atoms with Gasteiger partial charge in [0.15, 0.2) is 23.2 Å². The highest BCUT2D eigenvalue weighted by atomic mass is 19.2. The van der Waals surface area contributed by atoms with E-state index in [-0.39, 0.29) is 5.75 Å². The molecule has 0 saturated heterocycles. The van der Waals surface area contributed by atoms with Gasteiger partial charge in [-0.1, -0.05) is 126 Å². The first-order valence-corrected chi connectivity index (χ1v) is 21.2. The second-order valence-electron chi connectivity index (χ2n) is 15.4. The summed E-state index contributed by atoms with van der Waals surface area (Å²) in [5.74, 6) is -0.747. The maximum absolute atomic E-state index is 14.4. The van der Waals surface area contributed by atoms with Gasteiger partial charge < -0.3 is 14.2 Å². The van der Waals surface area contributed by atoms with Gasteiger partial charge in [-0.2, -0.15) is 4.39 Å². The summed E-state index contributed by atoms with van der Waals surface area (Å²) in [7, 11) is 0. The molecule has 4 rings (SSSR count). The largest absolute Gasteiger partial charge is 0.494 e. The maximum atomic E-state index is 14.4. The molecule has 4 aromatic rings. The van der Waals surface area contributed by atoms with Crippen LogP contribution in [0, 0.1) is 36.1 Å². The third-order valence-electron chi connectivity index (χ3n) is 10.7. The van der Waals surface area contributed by atoms with Gasteiger partial charge >= 0.3 is 0 Å². The van der Waals surface area contributed by atoms with Crippen LogP contribution in [0.5, 0.6) is 17.2 Å². The molecule has 0 saturated carbocycles. The minimum absolute atomic E-state index is 0.0406. The molecule has 0 radical (unpaired) electrons. The number of ether oxygens (including phenoxy) is 3. The van der Waals surface area contributed by atoms with Crippen LogP contribution in [0.3, 0.4) is 0 Å². The second-order valence-corrected chi connectivity index (χ2v) is 15.4. The highest BCUT2D eigenvalue weighted by Crippen LogP contribution is 2.25. The molecule has 0 aliphatic carbocycles. The van der Waals surface area contributed by atoms with Crippen LogP contribution in [-0.2, 0) is 25.7 Å². The quantitative estimate of drug-likeness (QED) is 0.0425. The fraction of sp³-hybridized carbons (Fsp3) is 0.510. The molecule has 4 aromatic carbocycles. The van der Waals surface area contributed by atoms with E-state index in [1.807, 2.05) is 48.5 Å². The van der Waals surface area contributed by atoms with Crippen LogP contribution >= 0.6 is 0 Å². The molecule has 0 fully saturated rings. The summed E-state index contributed by atoms with van der Waals surface area (Å²) in [5, 5.41) is 0. The summed E-state index contributed by atoms with van der Waals surface area (Å²) in [4.78, 5) is 0. The van der Waals surface area contributed by atoms with E-state index in [2.05, 4.69) is 6.92 Å². The van der Waals surface area contributed by atoms with Gasteiger partial charge in [0.1, 0.15) is 11.5 Å². The highest BCUT2D eigenvalue weighted by molar-refractivity contribution is 5.33. The number of unbranched alkanes of at least 4 members (excludes halogenated alkanes) is 10. The predicted molar refractivity (Wildman–Crippen MR) is 221 cm³/mol. The molecule has 0 spiro atoms. The molecule has 306 valence electrons. The molecule has 0 amide bonds. The van der Waals surface area contributed by atoms with E-state index in [9.17, 15) is 17.6 Å². The second kappa shape index (κ2) is 25.3.